The topological polar surface area (TPSA) is 58.6 Å². The SMILES string of the molecule is CNC(CN1C(=O)COCC1=O)C1CCCC1. The standard InChI is InChI=1S/C12H20N2O3/c1-13-10(9-4-2-3-5-9)6-14-11(15)7-17-8-12(14)16/h9-10,13H,2-8H2,1H3. The van der Waals surface area contributed by atoms with Crippen molar-refractivity contribution in [3.63, 3.8) is 0 Å². The van der Waals surface area contributed by atoms with Crippen LogP contribution in [0.15, 0.2) is 0 Å². The molecule has 0 aromatic carbocycles. The van der Waals surface area contributed by atoms with E-state index in [0.29, 0.717) is 12.5 Å². The van der Waals surface area contributed by atoms with E-state index in [0.717, 1.165) is 0 Å². The van der Waals surface area contributed by atoms with E-state index in [1.807, 2.05) is 7.05 Å². The number of imide groups is 1. The fraction of sp³-hybridized carbons (Fsp3) is 0.833. The van der Waals surface area contributed by atoms with Crippen molar-refractivity contribution in [1.82, 2.24) is 10.2 Å². The second-order valence-corrected chi connectivity index (χ2v) is 4.83. The van der Waals surface area contributed by atoms with Gasteiger partial charge in [-0.05, 0) is 25.8 Å². The monoisotopic (exact) mass is 240 g/mol. The van der Waals surface area contributed by atoms with Gasteiger partial charge in [0.05, 0.1) is 0 Å². The Labute approximate surface area is 101 Å². The number of carbonyl (C=O) groups is 2. The average molecular weight is 240 g/mol. The predicted molar refractivity (Wildman–Crippen MR) is 62.3 cm³/mol. The van der Waals surface area contributed by atoms with Gasteiger partial charge in [0.25, 0.3) is 11.8 Å². The van der Waals surface area contributed by atoms with Gasteiger partial charge in [-0.1, -0.05) is 12.8 Å². The minimum absolute atomic E-state index is 0.0346. The number of rotatable bonds is 4. The number of likely N-dealkylation sites (N-methyl/N-ethyl adjacent to an activating group) is 1. The Morgan fingerprint density at radius 3 is 2.41 bits per heavy atom. The third-order valence-corrected chi connectivity index (χ3v) is 3.77. The normalized spacial score (nSPS) is 24.4. The molecule has 1 aliphatic heterocycles. The fourth-order valence-corrected chi connectivity index (χ4v) is 2.76. The number of nitrogens with one attached hydrogen (secondary N) is 1. The molecule has 5 nitrogen and oxygen atoms in total. The summed E-state index contributed by atoms with van der Waals surface area (Å²) in [6.45, 7) is 0.557. The van der Waals surface area contributed by atoms with Crippen LogP contribution in [0, 0.1) is 5.92 Å². The summed E-state index contributed by atoms with van der Waals surface area (Å²) < 4.78 is 4.90. The van der Waals surface area contributed by atoms with Gasteiger partial charge in [0.2, 0.25) is 0 Å². The third kappa shape index (κ3) is 2.84. The first-order chi connectivity index (χ1) is 8.22. The summed E-state index contributed by atoms with van der Waals surface area (Å²) >= 11 is 0. The molecular weight excluding hydrogens is 220 g/mol. The van der Waals surface area contributed by atoms with Crippen LogP contribution in [0.4, 0.5) is 0 Å². The molecule has 0 aromatic heterocycles. The van der Waals surface area contributed by atoms with E-state index < -0.39 is 0 Å². The number of nitrogens with zero attached hydrogens (tertiary/aromatic N) is 1. The zero-order chi connectivity index (χ0) is 12.3. The van der Waals surface area contributed by atoms with Gasteiger partial charge in [-0.2, -0.15) is 0 Å². The second kappa shape index (κ2) is 5.60. The van der Waals surface area contributed by atoms with Gasteiger partial charge in [-0.15, -0.1) is 0 Å². The molecule has 2 amide bonds. The van der Waals surface area contributed by atoms with Gasteiger partial charge < -0.3 is 10.1 Å². The van der Waals surface area contributed by atoms with Crippen molar-refractivity contribution < 1.29 is 14.3 Å². The van der Waals surface area contributed by atoms with Crippen molar-refractivity contribution in [2.75, 3.05) is 26.8 Å². The van der Waals surface area contributed by atoms with Crippen LogP contribution in [0.3, 0.4) is 0 Å². The molecule has 1 atom stereocenters. The van der Waals surface area contributed by atoms with E-state index in [2.05, 4.69) is 5.32 Å². The van der Waals surface area contributed by atoms with Crippen LogP contribution in [-0.4, -0.2) is 49.6 Å². The largest absolute Gasteiger partial charge is 0.362 e. The Morgan fingerprint density at radius 2 is 1.88 bits per heavy atom. The molecule has 5 heteroatoms. The Kier molecular flexibility index (Phi) is 4.12. The van der Waals surface area contributed by atoms with Gasteiger partial charge in [0.1, 0.15) is 13.2 Å². The van der Waals surface area contributed by atoms with Crippen LogP contribution < -0.4 is 5.32 Å². The zero-order valence-electron chi connectivity index (χ0n) is 10.3. The van der Waals surface area contributed by atoms with Crippen LogP contribution >= 0.6 is 0 Å². The summed E-state index contributed by atoms with van der Waals surface area (Å²) in [6, 6.07) is 0.225. The van der Waals surface area contributed by atoms with Crippen molar-refractivity contribution in [1.29, 1.82) is 0 Å². The molecular formula is C12H20N2O3. The summed E-state index contributed by atoms with van der Waals surface area (Å²) in [6.07, 6.45) is 4.90. The van der Waals surface area contributed by atoms with E-state index >= 15 is 0 Å². The lowest BCUT2D eigenvalue weighted by Crippen LogP contribution is -2.52. The van der Waals surface area contributed by atoms with E-state index in [4.69, 9.17) is 4.74 Å². The lowest BCUT2D eigenvalue weighted by Gasteiger charge is -2.31. The highest BCUT2D eigenvalue weighted by molar-refractivity contribution is 5.98. The highest BCUT2D eigenvalue weighted by Crippen LogP contribution is 2.28. The maximum absolute atomic E-state index is 11.6. The lowest BCUT2D eigenvalue weighted by molar-refractivity contribution is -0.159. The molecule has 1 N–H and O–H groups in total. The van der Waals surface area contributed by atoms with Crippen molar-refractivity contribution in [3.05, 3.63) is 0 Å². The Morgan fingerprint density at radius 1 is 1.29 bits per heavy atom. The molecule has 0 bridgehead atoms. The molecule has 1 saturated carbocycles. The lowest BCUT2D eigenvalue weighted by atomic mass is 9.97. The van der Waals surface area contributed by atoms with Gasteiger partial charge in [-0.3, -0.25) is 14.5 Å². The molecule has 17 heavy (non-hydrogen) atoms. The Balaban J connectivity index is 1.96. The van der Waals surface area contributed by atoms with Crippen molar-refractivity contribution in [2.45, 2.75) is 31.7 Å². The first-order valence-corrected chi connectivity index (χ1v) is 6.30. The zero-order valence-corrected chi connectivity index (χ0v) is 10.3. The number of amides is 2. The highest BCUT2D eigenvalue weighted by Gasteiger charge is 2.32. The predicted octanol–water partition coefficient (Wildman–Crippen LogP) is 0.150. The summed E-state index contributed by atoms with van der Waals surface area (Å²) in [5.41, 5.74) is 0. The molecule has 0 spiro atoms. The number of carbonyl (C=O) groups excluding carboxylic acids is 2. The van der Waals surface area contributed by atoms with Gasteiger partial charge >= 0.3 is 0 Å². The van der Waals surface area contributed by atoms with Gasteiger partial charge in [0.15, 0.2) is 0 Å². The van der Waals surface area contributed by atoms with Crippen LogP contribution in [-0.2, 0) is 14.3 Å². The fourth-order valence-electron chi connectivity index (χ4n) is 2.76. The molecule has 2 aliphatic rings. The summed E-state index contributed by atoms with van der Waals surface area (Å²) in [5.74, 6) is 0.169. The first-order valence-electron chi connectivity index (χ1n) is 6.30. The van der Waals surface area contributed by atoms with Gasteiger partial charge in [0, 0.05) is 12.6 Å². The van der Waals surface area contributed by atoms with Crippen molar-refractivity contribution >= 4 is 11.8 Å². The molecule has 0 radical (unpaired) electrons. The Bertz CT molecular complexity index is 284. The van der Waals surface area contributed by atoms with Crippen LogP contribution in [0.1, 0.15) is 25.7 Å². The van der Waals surface area contributed by atoms with E-state index in [1.165, 1.54) is 30.6 Å². The first kappa shape index (κ1) is 12.5. The molecule has 1 unspecified atom stereocenters. The van der Waals surface area contributed by atoms with Crippen molar-refractivity contribution in [3.8, 4) is 0 Å². The highest BCUT2D eigenvalue weighted by atomic mass is 16.5. The number of hydrogen-bond donors (Lipinski definition) is 1. The molecule has 1 saturated heterocycles. The second-order valence-electron chi connectivity index (χ2n) is 4.83. The number of morpholine rings is 1. The molecule has 1 heterocycles. The summed E-state index contributed by atoms with van der Waals surface area (Å²) in [7, 11) is 1.90. The van der Waals surface area contributed by atoms with Crippen LogP contribution in [0.25, 0.3) is 0 Å². The molecule has 0 aromatic rings. The smallest absolute Gasteiger partial charge is 0.255 e. The van der Waals surface area contributed by atoms with Gasteiger partial charge in [-0.25, -0.2) is 0 Å². The van der Waals surface area contributed by atoms with Crippen molar-refractivity contribution in [2.24, 2.45) is 5.92 Å². The maximum Gasteiger partial charge on any atom is 0.255 e. The molecule has 2 fully saturated rings. The number of ether oxygens (including phenoxy) is 1. The minimum atomic E-state index is -0.209. The van der Waals surface area contributed by atoms with E-state index in [9.17, 15) is 9.59 Å². The third-order valence-electron chi connectivity index (χ3n) is 3.77. The molecule has 1 aliphatic carbocycles. The number of hydrogen-bond acceptors (Lipinski definition) is 4. The average Bonchev–Trinajstić information content (AvgIpc) is 2.82. The van der Waals surface area contributed by atoms with E-state index in [1.54, 1.807) is 0 Å². The van der Waals surface area contributed by atoms with Crippen LogP contribution in [0.2, 0.25) is 0 Å². The van der Waals surface area contributed by atoms with Crippen LogP contribution in [0.5, 0.6) is 0 Å². The molecule has 2 rings (SSSR count). The molecule has 96 valence electrons. The minimum Gasteiger partial charge on any atom is -0.362 e. The maximum atomic E-state index is 11.6. The summed E-state index contributed by atoms with van der Waals surface area (Å²) in [5, 5.41) is 3.25. The summed E-state index contributed by atoms with van der Waals surface area (Å²) in [4.78, 5) is 24.6. The Hall–Kier alpha value is -0.940. The quantitative estimate of drug-likeness (QED) is 0.711. The van der Waals surface area contributed by atoms with E-state index in [-0.39, 0.29) is 31.1 Å².